The van der Waals surface area contributed by atoms with Gasteiger partial charge in [-0.3, -0.25) is 19.7 Å². The summed E-state index contributed by atoms with van der Waals surface area (Å²) in [7, 11) is 0. The number of amides is 1. The van der Waals surface area contributed by atoms with Gasteiger partial charge in [0.05, 0.1) is 22.4 Å². The highest BCUT2D eigenvalue weighted by Gasteiger charge is 2.14. The molecule has 0 saturated carbocycles. The first-order valence-electron chi connectivity index (χ1n) is 9.73. The predicted octanol–water partition coefficient (Wildman–Crippen LogP) is 4.69. The monoisotopic (exact) mass is 441 g/mol. The van der Waals surface area contributed by atoms with Gasteiger partial charge < -0.3 is 10.3 Å². The van der Waals surface area contributed by atoms with Crippen molar-refractivity contribution in [1.82, 2.24) is 29.9 Å². The summed E-state index contributed by atoms with van der Waals surface area (Å²) in [4.78, 5) is 37.3. The summed E-state index contributed by atoms with van der Waals surface area (Å²) in [5.74, 6) is 0.233. The molecule has 0 radical (unpaired) electrons. The molecule has 0 fully saturated rings. The minimum Gasteiger partial charge on any atom is -0.337 e. The van der Waals surface area contributed by atoms with E-state index in [1.54, 1.807) is 61.3 Å². The third kappa shape index (κ3) is 3.91. The van der Waals surface area contributed by atoms with Crippen molar-refractivity contribution in [2.45, 2.75) is 6.92 Å². The van der Waals surface area contributed by atoms with Crippen LogP contribution < -0.4 is 5.32 Å². The van der Waals surface area contributed by atoms with E-state index in [9.17, 15) is 4.79 Å². The Morgan fingerprint density at radius 3 is 2.69 bits per heavy atom. The van der Waals surface area contributed by atoms with Crippen molar-refractivity contribution < 1.29 is 4.79 Å². The number of aryl methyl sites for hydroxylation is 1. The number of halogens is 1. The number of hydrogen-bond acceptors (Lipinski definition) is 6. The number of benzene rings is 1. The van der Waals surface area contributed by atoms with Gasteiger partial charge in [-0.15, -0.1) is 0 Å². The number of aromatic nitrogens is 6. The Hall–Kier alpha value is -4.17. The summed E-state index contributed by atoms with van der Waals surface area (Å²) in [6.45, 7) is 1.96. The Bertz CT molecular complexity index is 1430. The Morgan fingerprint density at radius 2 is 1.91 bits per heavy atom. The fourth-order valence-electron chi connectivity index (χ4n) is 3.24. The van der Waals surface area contributed by atoms with Gasteiger partial charge in [0.2, 0.25) is 0 Å². The summed E-state index contributed by atoms with van der Waals surface area (Å²) >= 11 is 6.40. The van der Waals surface area contributed by atoms with Crippen molar-refractivity contribution in [2.24, 2.45) is 0 Å². The summed E-state index contributed by atoms with van der Waals surface area (Å²) < 4.78 is 0. The quantitative estimate of drug-likeness (QED) is 0.418. The molecule has 0 bridgehead atoms. The number of rotatable bonds is 4. The van der Waals surface area contributed by atoms with Crippen LogP contribution >= 0.6 is 11.6 Å². The molecule has 0 aliphatic rings. The Morgan fingerprint density at radius 1 is 1.00 bits per heavy atom. The fourth-order valence-corrected chi connectivity index (χ4v) is 3.45. The molecule has 1 aromatic carbocycles. The molecule has 1 amide bonds. The summed E-state index contributed by atoms with van der Waals surface area (Å²) in [6, 6.07) is 10.6. The molecule has 32 heavy (non-hydrogen) atoms. The van der Waals surface area contributed by atoms with Gasteiger partial charge in [-0.25, -0.2) is 9.97 Å². The lowest BCUT2D eigenvalue weighted by Gasteiger charge is -2.08. The molecular formula is C23H16ClN7O. The number of H-pyrrole nitrogens is 1. The van der Waals surface area contributed by atoms with Crippen LogP contribution in [0.1, 0.15) is 16.1 Å². The molecular weight excluding hydrogens is 426 g/mol. The highest BCUT2D eigenvalue weighted by molar-refractivity contribution is 6.33. The molecule has 0 aliphatic carbocycles. The number of carbonyl (C=O) groups excluding carboxylic acids is 1. The molecule has 0 unspecified atom stereocenters. The van der Waals surface area contributed by atoms with Crippen LogP contribution in [0.5, 0.6) is 0 Å². The largest absolute Gasteiger partial charge is 0.337 e. The Kier molecular flexibility index (Phi) is 5.04. The van der Waals surface area contributed by atoms with Gasteiger partial charge in [0.1, 0.15) is 11.5 Å². The maximum absolute atomic E-state index is 12.7. The van der Waals surface area contributed by atoms with Crippen molar-refractivity contribution in [3.63, 3.8) is 0 Å². The second kappa shape index (κ2) is 8.16. The number of nitrogens with one attached hydrogen (secondary N) is 2. The zero-order chi connectivity index (χ0) is 22.1. The standard InChI is InChI=1S/C23H16ClN7O/c1-13-8-19-22(28-10-13)31-21(30-19)16-9-15(3-4-17(16)24)29-23(32)18-5-2-14(11-27-18)20-12-25-6-7-26-20/h2-12H,1H3,(H,29,32)(H,28,30,31). The Balaban J connectivity index is 1.39. The molecule has 5 rings (SSSR count). The smallest absolute Gasteiger partial charge is 0.274 e. The number of nitrogens with zero attached hydrogens (tertiary/aromatic N) is 5. The molecule has 0 saturated heterocycles. The number of carbonyl (C=O) groups is 1. The van der Waals surface area contributed by atoms with Crippen LogP contribution in [0.25, 0.3) is 33.8 Å². The zero-order valence-electron chi connectivity index (χ0n) is 16.9. The van der Waals surface area contributed by atoms with Crippen LogP contribution in [0.15, 0.2) is 67.4 Å². The SMILES string of the molecule is Cc1cnc2nc(-c3cc(NC(=O)c4ccc(-c5cnccn5)cn4)ccc3Cl)[nH]c2c1. The molecule has 156 valence electrons. The second-order valence-corrected chi connectivity index (χ2v) is 7.55. The summed E-state index contributed by atoms with van der Waals surface area (Å²) in [5.41, 5.74) is 5.41. The fraction of sp³-hybridized carbons (Fsp3) is 0.0435. The molecule has 8 nitrogen and oxygen atoms in total. The van der Waals surface area contributed by atoms with Crippen LogP contribution in [0.3, 0.4) is 0 Å². The van der Waals surface area contributed by atoms with Crippen molar-refractivity contribution in [1.29, 1.82) is 0 Å². The topological polar surface area (TPSA) is 109 Å². The molecule has 0 aliphatic heterocycles. The first kappa shape index (κ1) is 19.8. The van der Waals surface area contributed by atoms with E-state index in [2.05, 4.69) is 35.2 Å². The van der Waals surface area contributed by atoms with Crippen molar-refractivity contribution in [3.05, 3.63) is 83.7 Å². The highest BCUT2D eigenvalue weighted by atomic mass is 35.5. The molecule has 5 aromatic rings. The molecule has 9 heteroatoms. The van der Waals surface area contributed by atoms with E-state index in [1.807, 2.05) is 13.0 Å². The van der Waals surface area contributed by atoms with E-state index in [0.29, 0.717) is 33.4 Å². The van der Waals surface area contributed by atoms with Crippen LogP contribution in [0.2, 0.25) is 5.02 Å². The second-order valence-electron chi connectivity index (χ2n) is 7.14. The van der Waals surface area contributed by atoms with E-state index < -0.39 is 0 Å². The van der Waals surface area contributed by atoms with Crippen LogP contribution in [0.4, 0.5) is 5.69 Å². The van der Waals surface area contributed by atoms with E-state index >= 15 is 0 Å². The number of fused-ring (bicyclic) bond motifs is 1. The van der Waals surface area contributed by atoms with E-state index in [4.69, 9.17) is 11.6 Å². The average Bonchev–Trinajstić information content (AvgIpc) is 3.24. The van der Waals surface area contributed by atoms with Gasteiger partial charge in [0.15, 0.2) is 5.65 Å². The van der Waals surface area contributed by atoms with Gasteiger partial charge in [0, 0.05) is 41.6 Å². The first-order valence-corrected chi connectivity index (χ1v) is 10.1. The van der Waals surface area contributed by atoms with E-state index in [1.165, 1.54) is 0 Å². The molecule has 0 atom stereocenters. The summed E-state index contributed by atoms with van der Waals surface area (Å²) in [5, 5.41) is 3.36. The molecule has 4 aromatic heterocycles. The van der Waals surface area contributed by atoms with Gasteiger partial charge in [-0.1, -0.05) is 11.6 Å². The van der Waals surface area contributed by atoms with Crippen molar-refractivity contribution in [3.8, 4) is 22.6 Å². The highest BCUT2D eigenvalue weighted by Crippen LogP contribution is 2.30. The first-order chi connectivity index (χ1) is 15.6. The van der Waals surface area contributed by atoms with Gasteiger partial charge >= 0.3 is 0 Å². The molecule has 0 spiro atoms. The van der Waals surface area contributed by atoms with Crippen LogP contribution in [-0.2, 0) is 0 Å². The van der Waals surface area contributed by atoms with Gasteiger partial charge in [-0.2, -0.15) is 0 Å². The number of pyridine rings is 2. The lowest BCUT2D eigenvalue weighted by molar-refractivity contribution is 0.102. The third-order valence-corrected chi connectivity index (χ3v) is 5.14. The predicted molar refractivity (Wildman–Crippen MR) is 122 cm³/mol. The molecule has 4 heterocycles. The van der Waals surface area contributed by atoms with Crippen molar-refractivity contribution >= 4 is 34.4 Å². The van der Waals surface area contributed by atoms with E-state index in [-0.39, 0.29) is 11.6 Å². The third-order valence-electron chi connectivity index (χ3n) is 4.81. The van der Waals surface area contributed by atoms with E-state index in [0.717, 1.165) is 16.6 Å². The Labute approximate surface area is 187 Å². The lowest BCUT2D eigenvalue weighted by Crippen LogP contribution is -2.13. The van der Waals surface area contributed by atoms with Gasteiger partial charge in [0.25, 0.3) is 5.91 Å². The maximum Gasteiger partial charge on any atom is 0.274 e. The zero-order valence-corrected chi connectivity index (χ0v) is 17.6. The minimum atomic E-state index is -0.342. The number of aromatic amines is 1. The van der Waals surface area contributed by atoms with Crippen LogP contribution in [0, 0.1) is 6.92 Å². The number of imidazole rings is 1. The summed E-state index contributed by atoms with van der Waals surface area (Å²) in [6.07, 6.45) is 8.19. The normalized spacial score (nSPS) is 10.9. The minimum absolute atomic E-state index is 0.276. The van der Waals surface area contributed by atoms with Gasteiger partial charge in [-0.05, 0) is 48.9 Å². The lowest BCUT2D eigenvalue weighted by atomic mass is 10.1. The number of hydrogen-bond donors (Lipinski definition) is 2. The molecule has 2 N–H and O–H groups in total. The van der Waals surface area contributed by atoms with Crippen molar-refractivity contribution in [2.75, 3.05) is 5.32 Å². The van der Waals surface area contributed by atoms with Crippen LogP contribution in [-0.4, -0.2) is 35.8 Å². The maximum atomic E-state index is 12.7. The average molecular weight is 442 g/mol. The number of anilines is 1.